The lowest BCUT2D eigenvalue weighted by molar-refractivity contribution is 0.0930. The molecule has 1 atom stereocenters. The number of allylic oxidation sites excluding steroid dienone is 1. The van der Waals surface area contributed by atoms with E-state index in [0.29, 0.717) is 17.9 Å². The van der Waals surface area contributed by atoms with Crippen molar-refractivity contribution in [2.45, 2.75) is 52.6 Å². The molecule has 31 heavy (non-hydrogen) atoms. The minimum atomic E-state index is -0.141. The van der Waals surface area contributed by atoms with Crippen LogP contribution in [0.4, 0.5) is 0 Å². The van der Waals surface area contributed by atoms with E-state index in [-0.39, 0.29) is 23.1 Å². The molecule has 0 fully saturated rings. The van der Waals surface area contributed by atoms with Crippen LogP contribution in [-0.2, 0) is 20.6 Å². The lowest BCUT2D eigenvalue weighted by Crippen LogP contribution is -2.35. The van der Waals surface area contributed by atoms with E-state index in [1.807, 2.05) is 23.7 Å². The molecule has 1 N–H and O–H groups in total. The van der Waals surface area contributed by atoms with Crippen molar-refractivity contribution in [3.63, 3.8) is 0 Å². The van der Waals surface area contributed by atoms with E-state index >= 15 is 0 Å². The van der Waals surface area contributed by atoms with Crippen LogP contribution in [-0.4, -0.2) is 35.6 Å². The second-order valence-corrected chi connectivity index (χ2v) is 9.63. The summed E-state index contributed by atoms with van der Waals surface area (Å²) in [5, 5.41) is 3.06. The van der Waals surface area contributed by atoms with Gasteiger partial charge in [0.1, 0.15) is 5.69 Å². The van der Waals surface area contributed by atoms with Gasteiger partial charge in [-0.2, -0.15) is 0 Å². The number of aryl methyl sites for hydroxylation is 2. The van der Waals surface area contributed by atoms with Gasteiger partial charge in [-0.25, -0.2) is 14.8 Å². The van der Waals surface area contributed by atoms with Crippen LogP contribution in [0, 0.1) is 5.41 Å². The van der Waals surface area contributed by atoms with Crippen LogP contribution in [0.2, 0.25) is 0 Å². The van der Waals surface area contributed by atoms with Crippen LogP contribution in [0.15, 0.2) is 35.5 Å². The SMILES string of the molecule is Cn1cnc(C(=O)NC2CC=C(c3ccc4c(n3)n(C)c(=O)n4CC(C)(C)C)CC2)c1. The Kier molecular flexibility index (Phi) is 5.33. The number of rotatable bonds is 4. The van der Waals surface area contributed by atoms with E-state index in [9.17, 15) is 9.59 Å². The van der Waals surface area contributed by atoms with Crippen molar-refractivity contribution in [2.24, 2.45) is 19.5 Å². The zero-order valence-electron chi connectivity index (χ0n) is 18.8. The second-order valence-electron chi connectivity index (χ2n) is 9.63. The van der Waals surface area contributed by atoms with Crippen molar-refractivity contribution in [1.82, 2.24) is 29.0 Å². The molecule has 3 aromatic rings. The predicted molar refractivity (Wildman–Crippen MR) is 121 cm³/mol. The van der Waals surface area contributed by atoms with Gasteiger partial charge in [-0.15, -0.1) is 0 Å². The minimum Gasteiger partial charge on any atom is -0.348 e. The molecule has 8 nitrogen and oxygen atoms in total. The predicted octanol–water partition coefficient (Wildman–Crippen LogP) is 2.88. The maximum atomic E-state index is 12.7. The Balaban J connectivity index is 1.52. The third-order valence-electron chi connectivity index (χ3n) is 5.63. The van der Waals surface area contributed by atoms with Crippen LogP contribution in [0.1, 0.15) is 56.2 Å². The van der Waals surface area contributed by atoms with Crippen LogP contribution < -0.4 is 11.0 Å². The van der Waals surface area contributed by atoms with Crippen LogP contribution >= 0.6 is 0 Å². The van der Waals surface area contributed by atoms with Crippen LogP contribution in [0.25, 0.3) is 16.7 Å². The third-order valence-corrected chi connectivity index (χ3v) is 5.63. The average Bonchev–Trinajstić information content (AvgIpc) is 3.25. The summed E-state index contributed by atoms with van der Waals surface area (Å²) in [6.07, 6.45) is 7.89. The van der Waals surface area contributed by atoms with Gasteiger partial charge in [0.05, 0.1) is 17.5 Å². The fourth-order valence-electron chi connectivity index (χ4n) is 4.07. The van der Waals surface area contributed by atoms with E-state index in [4.69, 9.17) is 4.98 Å². The highest BCUT2D eigenvalue weighted by molar-refractivity contribution is 5.92. The van der Waals surface area contributed by atoms with Gasteiger partial charge in [0.2, 0.25) is 0 Å². The molecule has 0 saturated heterocycles. The Morgan fingerprint density at radius 3 is 2.65 bits per heavy atom. The normalized spacial score (nSPS) is 17.1. The second kappa shape index (κ2) is 7.83. The lowest BCUT2D eigenvalue weighted by atomic mass is 9.93. The topological polar surface area (TPSA) is 86.7 Å². The number of aromatic nitrogens is 5. The molecule has 3 heterocycles. The molecule has 0 spiro atoms. The number of hydrogen-bond donors (Lipinski definition) is 1. The summed E-state index contributed by atoms with van der Waals surface area (Å²) in [6.45, 7) is 7.01. The highest BCUT2D eigenvalue weighted by atomic mass is 16.2. The van der Waals surface area contributed by atoms with Gasteiger partial charge in [0.15, 0.2) is 5.65 Å². The number of fused-ring (bicyclic) bond motifs is 1. The molecule has 1 amide bonds. The summed E-state index contributed by atoms with van der Waals surface area (Å²) in [6, 6.07) is 4.08. The van der Waals surface area contributed by atoms with E-state index < -0.39 is 0 Å². The molecule has 3 aromatic heterocycles. The summed E-state index contributed by atoms with van der Waals surface area (Å²) < 4.78 is 5.20. The molecule has 8 heteroatoms. The van der Waals surface area contributed by atoms with Crippen molar-refractivity contribution in [1.29, 1.82) is 0 Å². The molecule has 0 saturated carbocycles. The molecule has 1 aliphatic rings. The minimum absolute atomic E-state index is 0.00258. The number of imidazole rings is 2. The molecule has 0 aliphatic heterocycles. The highest BCUT2D eigenvalue weighted by Crippen LogP contribution is 2.28. The van der Waals surface area contributed by atoms with Crippen molar-refractivity contribution < 1.29 is 4.79 Å². The molecule has 1 unspecified atom stereocenters. The first-order chi connectivity index (χ1) is 14.6. The Morgan fingerprint density at radius 1 is 1.26 bits per heavy atom. The zero-order valence-corrected chi connectivity index (χ0v) is 18.8. The summed E-state index contributed by atoms with van der Waals surface area (Å²) in [5.74, 6) is -0.141. The molecule has 0 bridgehead atoms. The average molecular weight is 423 g/mol. The van der Waals surface area contributed by atoms with Crippen LogP contribution in [0.3, 0.4) is 0 Å². The van der Waals surface area contributed by atoms with E-state index in [1.165, 1.54) is 0 Å². The maximum Gasteiger partial charge on any atom is 0.330 e. The maximum absolute atomic E-state index is 12.7. The molecule has 0 radical (unpaired) electrons. The smallest absolute Gasteiger partial charge is 0.330 e. The fourth-order valence-corrected chi connectivity index (χ4v) is 4.07. The Hall–Kier alpha value is -3.16. The van der Waals surface area contributed by atoms with Gasteiger partial charge in [0.25, 0.3) is 5.91 Å². The van der Waals surface area contributed by atoms with Gasteiger partial charge >= 0.3 is 5.69 Å². The fraction of sp³-hybridized carbons (Fsp3) is 0.478. The van der Waals surface area contributed by atoms with E-state index in [2.05, 4.69) is 37.1 Å². The standard InChI is InChI=1S/C23H30N6O2/c1-23(2,3)13-29-19-11-10-17(26-20(19)28(5)22(29)31)15-6-8-16(9-7-15)25-21(30)18-12-27(4)14-24-18/h6,10-12,14,16H,7-9,13H2,1-5H3,(H,25,30). The first kappa shape index (κ1) is 21.1. The highest BCUT2D eigenvalue weighted by Gasteiger charge is 2.22. The van der Waals surface area contributed by atoms with Gasteiger partial charge in [0, 0.05) is 32.9 Å². The molecule has 164 valence electrons. The van der Waals surface area contributed by atoms with Crippen molar-refractivity contribution in [3.8, 4) is 0 Å². The first-order valence-corrected chi connectivity index (χ1v) is 10.7. The molecule has 1 aliphatic carbocycles. The number of hydrogen-bond acceptors (Lipinski definition) is 4. The number of carbonyl (C=O) groups excluding carboxylic acids is 1. The largest absolute Gasteiger partial charge is 0.348 e. The van der Waals surface area contributed by atoms with Crippen molar-refractivity contribution in [3.05, 3.63) is 52.6 Å². The molecular weight excluding hydrogens is 392 g/mol. The van der Waals surface area contributed by atoms with Gasteiger partial charge < -0.3 is 9.88 Å². The summed E-state index contributed by atoms with van der Waals surface area (Å²) in [7, 11) is 3.62. The Morgan fingerprint density at radius 2 is 2.03 bits per heavy atom. The van der Waals surface area contributed by atoms with Gasteiger partial charge in [-0.3, -0.25) is 13.9 Å². The zero-order chi connectivity index (χ0) is 22.3. The van der Waals surface area contributed by atoms with E-state index in [1.54, 1.807) is 28.7 Å². The first-order valence-electron chi connectivity index (χ1n) is 10.7. The van der Waals surface area contributed by atoms with Gasteiger partial charge in [-0.1, -0.05) is 26.8 Å². The number of amides is 1. The molecule has 4 rings (SSSR count). The molecular formula is C23H30N6O2. The van der Waals surface area contributed by atoms with Crippen molar-refractivity contribution >= 4 is 22.6 Å². The summed E-state index contributed by atoms with van der Waals surface area (Å²) >= 11 is 0. The van der Waals surface area contributed by atoms with Crippen LogP contribution in [0.5, 0.6) is 0 Å². The van der Waals surface area contributed by atoms with E-state index in [0.717, 1.165) is 36.0 Å². The lowest BCUT2D eigenvalue weighted by Gasteiger charge is -2.22. The number of nitrogens with one attached hydrogen (secondary N) is 1. The number of carbonyl (C=O) groups is 1. The summed E-state index contributed by atoms with van der Waals surface area (Å²) in [5.41, 5.74) is 4.01. The number of nitrogens with zero attached hydrogens (tertiary/aromatic N) is 5. The molecule has 0 aromatic carbocycles. The quantitative estimate of drug-likeness (QED) is 0.700. The Labute approximate surface area is 181 Å². The monoisotopic (exact) mass is 422 g/mol. The van der Waals surface area contributed by atoms with Crippen molar-refractivity contribution in [2.75, 3.05) is 0 Å². The summed E-state index contributed by atoms with van der Waals surface area (Å²) in [4.78, 5) is 34.0. The van der Waals surface area contributed by atoms with Gasteiger partial charge in [-0.05, 0) is 42.4 Å². The number of pyridine rings is 1. The Bertz CT molecular complexity index is 1220. The third kappa shape index (κ3) is 4.33.